The van der Waals surface area contributed by atoms with E-state index in [0.29, 0.717) is 0 Å². The highest BCUT2D eigenvalue weighted by Gasteiger charge is 2.45. The lowest BCUT2D eigenvalue weighted by Gasteiger charge is -2.20. The van der Waals surface area contributed by atoms with E-state index in [-0.39, 0.29) is 37.8 Å². The van der Waals surface area contributed by atoms with Crippen molar-refractivity contribution < 1.29 is 24.2 Å². The average molecular weight is 257 g/mol. The van der Waals surface area contributed by atoms with E-state index in [0.717, 1.165) is 4.90 Å². The second-order valence-electron chi connectivity index (χ2n) is 5.03. The number of rotatable bonds is 5. The van der Waals surface area contributed by atoms with Gasteiger partial charge in [-0.2, -0.15) is 0 Å². The van der Waals surface area contributed by atoms with Gasteiger partial charge in [-0.1, -0.05) is 13.8 Å². The number of amides is 2. The lowest BCUT2D eigenvalue weighted by Crippen LogP contribution is -2.39. The Balaban J connectivity index is 2.55. The maximum Gasteiger partial charge on any atom is 0.308 e. The van der Waals surface area contributed by atoms with Gasteiger partial charge in [0.15, 0.2) is 0 Å². The summed E-state index contributed by atoms with van der Waals surface area (Å²) in [6.07, 6.45) is -1.16. The van der Waals surface area contributed by atoms with Crippen molar-refractivity contribution in [2.75, 3.05) is 13.2 Å². The van der Waals surface area contributed by atoms with Crippen LogP contribution >= 0.6 is 0 Å². The van der Waals surface area contributed by atoms with Gasteiger partial charge in [0.25, 0.3) is 0 Å². The molecule has 6 nitrogen and oxygen atoms in total. The summed E-state index contributed by atoms with van der Waals surface area (Å²) in [7, 11) is 0. The van der Waals surface area contributed by atoms with Gasteiger partial charge in [0, 0.05) is 6.42 Å². The minimum atomic E-state index is -1.08. The molecular weight excluding hydrogens is 238 g/mol. The number of hydrogen-bond donors (Lipinski definition) is 1. The molecule has 18 heavy (non-hydrogen) atoms. The third kappa shape index (κ3) is 3.29. The molecule has 102 valence electrons. The fourth-order valence-electron chi connectivity index (χ4n) is 1.90. The van der Waals surface area contributed by atoms with Gasteiger partial charge in [0.1, 0.15) is 0 Å². The second kappa shape index (κ2) is 5.48. The van der Waals surface area contributed by atoms with E-state index < -0.39 is 17.5 Å². The second-order valence-corrected chi connectivity index (χ2v) is 5.03. The Morgan fingerprint density at radius 1 is 1.50 bits per heavy atom. The number of esters is 1. The Labute approximate surface area is 106 Å². The summed E-state index contributed by atoms with van der Waals surface area (Å²) < 4.78 is 4.68. The third-order valence-corrected chi connectivity index (χ3v) is 2.82. The highest BCUT2D eigenvalue weighted by molar-refractivity contribution is 6.05. The van der Waals surface area contributed by atoms with Crippen LogP contribution in [0.4, 0.5) is 0 Å². The Hall–Kier alpha value is -1.43. The zero-order valence-electron chi connectivity index (χ0n) is 10.9. The number of nitrogens with zero attached hydrogens (tertiary/aromatic N) is 1. The molecule has 1 atom stereocenters. The topological polar surface area (TPSA) is 83.9 Å². The fourth-order valence-corrected chi connectivity index (χ4v) is 1.90. The molecule has 1 heterocycles. The van der Waals surface area contributed by atoms with Crippen molar-refractivity contribution in [3.8, 4) is 0 Å². The molecular formula is C12H19NO5. The number of carbonyl (C=O) groups excluding carboxylic acids is 3. The SMILES string of the molecule is CCOC(=O)CC(O)CN1C(=O)CC(C)(C)C1=O. The molecule has 1 aliphatic rings. The van der Waals surface area contributed by atoms with E-state index in [4.69, 9.17) is 0 Å². The van der Waals surface area contributed by atoms with Gasteiger partial charge in [-0.15, -0.1) is 0 Å². The van der Waals surface area contributed by atoms with Crippen molar-refractivity contribution in [1.82, 2.24) is 4.90 Å². The molecule has 1 unspecified atom stereocenters. The van der Waals surface area contributed by atoms with Crippen LogP contribution in [-0.2, 0) is 19.1 Å². The normalized spacial score (nSPS) is 20.1. The molecule has 1 rings (SSSR count). The molecule has 0 aromatic rings. The summed E-state index contributed by atoms with van der Waals surface area (Å²) in [6, 6.07) is 0. The molecule has 1 aliphatic heterocycles. The van der Waals surface area contributed by atoms with Gasteiger partial charge in [-0.25, -0.2) is 0 Å². The number of carbonyl (C=O) groups is 3. The van der Waals surface area contributed by atoms with Gasteiger partial charge in [0.2, 0.25) is 11.8 Å². The van der Waals surface area contributed by atoms with Gasteiger partial charge in [0.05, 0.1) is 31.1 Å². The van der Waals surface area contributed by atoms with Crippen molar-refractivity contribution in [1.29, 1.82) is 0 Å². The zero-order chi connectivity index (χ0) is 13.9. The lowest BCUT2D eigenvalue weighted by molar-refractivity contribution is -0.149. The summed E-state index contributed by atoms with van der Waals surface area (Å²) in [5.74, 6) is -1.16. The molecule has 0 spiro atoms. The standard InChI is InChI=1S/C12H19NO5/c1-4-18-10(16)5-8(14)7-13-9(15)6-12(2,3)11(13)17/h8,14H,4-7H2,1-3H3. The van der Waals surface area contributed by atoms with E-state index in [9.17, 15) is 19.5 Å². The molecule has 1 N–H and O–H groups in total. The van der Waals surface area contributed by atoms with E-state index in [1.807, 2.05) is 0 Å². The minimum Gasteiger partial charge on any atom is -0.466 e. The fraction of sp³-hybridized carbons (Fsp3) is 0.750. The summed E-state index contributed by atoms with van der Waals surface area (Å²) in [4.78, 5) is 35.7. The first-order valence-corrected chi connectivity index (χ1v) is 5.96. The Morgan fingerprint density at radius 2 is 2.11 bits per heavy atom. The van der Waals surface area contributed by atoms with Crippen molar-refractivity contribution in [3.05, 3.63) is 0 Å². The van der Waals surface area contributed by atoms with Gasteiger partial charge in [-0.3, -0.25) is 19.3 Å². The number of likely N-dealkylation sites (tertiary alicyclic amines) is 1. The van der Waals surface area contributed by atoms with Crippen LogP contribution in [0.25, 0.3) is 0 Å². The highest BCUT2D eigenvalue weighted by Crippen LogP contribution is 2.31. The predicted octanol–water partition coefficient (Wildman–Crippen LogP) is 0.0856. The van der Waals surface area contributed by atoms with Gasteiger partial charge < -0.3 is 9.84 Å². The van der Waals surface area contributed by atoms with E-state index in [1.165, 1.54) is 0 Å². The molecule has 0 aromatic heterocycles. The van der Waals surface area contributed by atoms with Crippen LogP contribution in [0.15, 0.2) is 0 Å². The zero-order valence-corrected chi connectivity index (χ0v) is 10.9. The lowest BCUT2D eigenvalue weighted by atomic mass is 9.92. The highest BCUT2D eigenvalue weighted by atomic mass is 16.5. The number of aliphatic hydroxyl groups excluding tert-OH is 1. The van der Waals surface area contributed by atoms with E-state index in [1.54, 1.807) is 20.8 Å². The minimum absolute atomic E-state index is 0.137. The van der Waals surface area contributed by atoms with Crippen LogP contribution in [0.1, 0.15) is 33.6 Å². The number of hydrogen-bond acceptors (Lipinski definition) is 5. The Bertz CT molecular complexity index is 363. The molecule has 0 bridgehead atoms. The number of imide groups is 1. The number of aliphatic hydroxyl groups is 1. The largest absolute Gasteiger partial charge is 0.466 e. The summed E-state index contributed by atoms with van der Waals surface area (Å²) in [6.45, 7) is 5.12. The van der Waals surface area contributed by atoms with Crippen LogP contribution < -0.4 is 0 Å². The molecule has 0 radical (unpaired) electrons. The van der Waals surface area contributed by atoms with E-state index in [2.05, 4.69) is 4.74 Å². The molecule has 6 heteroatoms. The molecule has 0 aromatic carbocycles. The van der Waals surface area contributed by atoms with Gasteiger partial charge in [-0.05, 0) is 6.92 Å². The van der Waals surface area contributed by atoms with Crippen LogP contribution in [0.5, 0.6) is 0 Å². The third-order valence-electron chi connectivity index (χ3n) is 2.82. The van der Waals surface area contributed by atoms with Gasteiger partial charge >= 0.3 is 5.97 Å². The smallest absolute Gasteiger partial charge is 0.308 e. The van der Waals surface area contributed by atoms with Crippen LogP contribution in [0.2, 0.25) is 0 Å². The molecule has 2 amide bonds. The van der Waals surface area contributed by atoms with Crippen molar-refractivity contribution in [3.63, 3.8) is 0 Å². The van der Waals surface area contributed by atoms with E-state index >= 15 is 0 Å². The average Bonchev–Trinajstić information content (AvgIpc) is 2.41. The van der Waals surface area contributed by atoms with Crippen molar-refractivity contribution in [2.45, 2.75) is 39.7 Å². The maximum atomic E-state index is 11.9. The summed E-state index contributed by atoms with van der Waals surface area (Å²) in [5, 5.41) is 9.67. The summed E-state index contributed by atoms with van der Waals surface area (Å²) in [5.41, 5.74) is -0.721. The molecule has 1 saturated heterocycles. The molecule has 0 aliphatic carbocycles. The molecule has 0 saturated carbocycles. The Kier molecular flexibility index (Phi) is 4.45. The predicted molar refractivity (Wildman–Crippen MR) is 62.4 cm³/mol. The molecule has 1 fully saturated rings. The number of ether oxygens (including phenoxy) is 1. The Morgan fingerprint density at radius 3 is 2.56 bits per heavy atom. The first-order valence-electron chi connectivity index (χ1n) is 5.96. The monoisotopic (exact) mass is 257 g/mol. The van der Waals surface area contributed by atoms with Crippen LogP contribution in [-0.4, -0.2) is 47.0 Å². The van der Waals surface area contributed by atoms with Crippen LogP contribution in [0, 0.1) is 5.41 Å². The van der Waals surface area contributed by atoms with Crippen molar-refractivity contribution in [2.24, 2.45) is 5.41 Å². The maximum absolute atomic E-state index is 11.9. The van der Waals surface area contributed by atoms with Crippen molar-refractivity contribution >= 4 is 17.8 Å². The number of β-amino-alcohol motifs (C(OH)–C–C–N with tert-alkyl or cyclic N) is 1. The first-order chi connectivity index (χ1) is 8.27. The van der Waals surface area contributed by atoms with Crippen LogP contribution in [0.3, 0.4) is 0 Å². The first kappa shape index (κ1) is 14.6. The quantitative estimate of drug-likeness (QED) is 0.557. The summed E-state index contributed by atoms with van der Waals surface area (Å²) >= 11 is 0.